The molecule has 0 spiro atoms. The Hall–Kier alpha value is -3.43. The van der Waals surface area contributed by atoms with Crippen LogP contribution in [0.2, 0.25) is 0 Å². The molecule has 2 aromatic rings. The lowest BCUT2D eigenvalue weighted by Gasteiger charge is -2.35. The molecule has 0 aliphatic carbocycles. The number of hydrogen-bond acceptors (Lipinski definition) is 9. The van der Waals surface area contributed by atoms with Crippen LogP contribution in [-0.2, 0) is 14.3 Å². The van der Waals surface area contributed by atoms with Crippen molar-refractivity contribution in [3.05, 3.63) is 36.5 Å². The number of rotatable bonds is 7. The average molecular weight is 455 g/mol. The lowest BCUT2D eigenvalue weighted by atomic mass is 10.0. The standard InChI is InChI=1S/C23H30N6O4/c1-2-32-23(31)18-7-4-6-12-29(18)22(30)17-33-21-10-9-20(25-26-21)28-15-13-27(14-16-28)19-8-3-5-11-24-19/h3,5,8-11,18H,2,4,6-7,12-17H2,1H3/t18-/m1/s1. The molecule has 10 heteroatoms. The van der Waals surface area contributed by atoms with Crippen molar-refractivity contribution in [2.24, 2.45) is 0 Å². The van der Waals surface area contributed by atoms with Gasteiger partial charge in [0.1, 0.15) is 11.9 Å². The summed E-state index contributed by atoms with van der Waals surface area (Å²) < 4.78 is 10.7. The molecule has 2 aliphatic heterocycles. The number of amides is 1. The molecule has 2 fully saturated rings. The van der Waals surface area contributed by atoms with E-state index in [9.17, 15) is 9.59 Å². The van der Waals surface area contributed by atoms with E-state index in [-0.39, 0.29) is 24.4 Å². The number of likely N-dealkylation sites (tertiary alicyclic amines) is 1. The zero-order valence-corrected chi connectivity index (χ0v) is 18.9. The summed E-state index contributed by atoms with van der Waals surface area (Å²) in [6.45, 7) is 5.73. The third-order valence-corrected chi connectivity index (χ3v) is 5.93. The Morgan fingerprint density at radius 2 is 1.76 bits per heavy atom. The monoisotopic (exact) mass is 454 g/mol. The van der Waals surface area contributed by atoms with Crippen LogP contribution in [0, 0.1) is 0 Å². The van der Waals surface area contributed by atoms with Crippen LogP contribution in [0.15, 0.2) is 36.5 Å². The second-order valence-corrected chi connectivity index (χ2v) is 8.03. The number of anilines is 2. The number of aromatic nitrogens is 3. The van der Waals surface area contributed by atoms with Gasteiger partial charge >= 0.3 is 5.97 Å². The Morgan fingerprint density at radius 3 is 2.42 bits per heavy atom. The van der Waals surface area contributed by atoms with Gasteiger partial charge in [0, 0.05) is 45.0 Å². The second-order valence-electron chi connectivity index (χ2n) is 8.03. The van der Waals surface area contributed by atoms with Crippen LogP contribution in [-0.4, -0.2) is 83.9 Å². The maximum Gasteiger partial charge on any atom is 0.328 e. The number of ether oxygens (including phenoxy) is 2. The van der Waals surface area contributed by atoms with Gasteiger partial charge in [-0.1, -0.05) is 6.07 Å². The molecular formula is C23H30N6O4. The third kappa shape index (κ3) is 5.68. The SMILES string of the molecule is CCOC(=O)[C@H]1CCCCN1C(=O)COc1ccc(N2CCN(c3ccccn3)CC2)nn1. The molecule has 0 radical (unpaired) electrons. The van der Waals surface area contributed by atoms with Crippen LogP contribution in [0.3, 0.4) is 0 Å². The molecule has 4 heterocycles. The summed E-state index contributed by atoms with van der Waals surface area (Å²) in [5.41, 5.74) is 0. The first-order valence-corrected chi connectivity index (χ1v) is 11.5. The van der Waals surface area contributed by atoms with E-state index in [2.05, 4.69) is 25.0 Å². The maximum atomic E-state index is 12.7. The van der Waals surface area contributed by atoms with E-state index in [1.165, 1.54) is 0 Å². The molecule has 1 amide bonds. The van der Waals surface area contributed by atoms with E-state index in [0.29, 0.717) is 19.6 Å². The number of carbonyl (C=O) groups is 2. The highest BCUT2D eigenvalue weighted by Crippen LogP contribution is 2.20. The van der Waals surface area contributed by atoms with Crippen LogP contribution in [0.5, 0.6) is 5.88 Å². The summed E-state index contributed by atoms with van der Waals surface area (Å²) in [7, 11) is 0. The molecule has 33 heavy (non-hydrogen) atoms. The van der Waals surface area contributed by atoms with Crippen molar-refractivity contribution in [2.45, 2.75) is 32.2 Å². The minimum Gasteiger partial charge on any atom is -0.466 e. The van der Waals surface area contributed by atoms with Gasteiger partial charge in [-0.2, -0.15) is 0 Å². The molecule has 2 saturated heterocycles. The normalized spacial score (nSPS) is 18.7. The summed E-state index contributed by atoms with van der Waals surface area (Å²) in [5, 5.41) is 8.41. The highest BCUT2D eigenvalue weighted by Gasteiger charge is 2.33. The molecule has 4 rings (SSSR count). The van der Waals surface area contributed by atoms with Crippen LogP contribution < -0.4 is 14.5 Å². The van der Waals surface area contributed by atoms with Crippen molar-refractivity contribution < 1.29 is 19.1 Å². The average Bonchev–Trinajstić information content (AvgIpc) is 2.88. The molecule has 10 nitrogen and oxygen atoms in total. The number of carbonyl (C=O) groups excluding carboxylic acids is 2. The molecule has 176 valence electrons. The zero-order chi connectivity index (χ0) is 23.0. The van der Waals surface area contributed by atoms with Gasteiger partial charge in [-0.05, 0) is 44.4 Å². The quantitative estimate of drug-likeness (QED) is 0.576. The van der Waals surface area contributed by atoms with Gasteiger partial charge in [-0.25, -0.2) is 9.78 Å². The molecule has 0 saturated carbocycles. The van der Waals surface area contributed by atoms with Crippen molar-refractivity contribution in [2.75, 3.05) is 55.7 Å². The number of esters is 1. The number of piperazine rings is 1. The number of piperidine rings is 1. The first-order valence-electron chi connectivity index (χ1n) is 11.5. The lowest BCUT2D eigenvalue weighted by molar-refractivity contribution is -0.157. The number of pyridine rings is 1. The van der Waals surface area contributed by atoms with E-state index in [4.69, 9.17) is 9.47 Å². The topological polar surface area (TPSA) is 101 Å². The first kappa shape index (κ1) is 22.8. The maximum absolute atomic E-state index is 12.7. The molecular weight excluding hydrogens is 424 g/mol. The van der Waals surface area contributed by atoms with Crippen molar-refractivity contribution in [1.29, 1.82) is 0 Å². The van der Waals surface area contributed by atoms with Gasteiger partial charge in [0.25, 0.3) is 5.91 Å². The fourth-order valence-corrected chi connectivity index (χ4v) is 4.20. The molecule has 0 N–H and O–H groups in total. The van der Waals surface area contributed by atoms with E-state index in [0.717, 1.165) is 50.7 Å². The minimum absolute atomic E-state index is 0.188. The van der Waals surface area contributed by atoms with E-state index >= 15 is 0 Å². The van der Waals surface area contributed by atoms with Gasteiger partial charge < -0.3 is 24.2 Å². The summed E-state index contributed by atoms with van der Waals surface area (Å²) >= 11 is 0. The Balaban J connectivity index is 1.27. The van der Waals surface area contributed by atoms with Crippen molar-refractivity contribution in [3.63, 3.8) is 0 Å². The second kappa shape index (κ2) is 10.9. The predicted octanol–water partition coefficient (Wildman–Crippen LogP) is 1.52. The highest BCUT2D eigenvalue weighted by molar-refractivity contribution is 5.85. The molecule has 2 aromatic heterocycles. The predicted molar refractivity (Wildman–Crippen MR) is 122 cm³/mol. The number of hydrogen-bond donors (Lipinski definition) is 0. The first-order chi connectivity index (χ1) is 16.2. The van der Waals surface area contributed by atoms with Crippen molar-refractivity contribution in [3.8, 4) is 5.88 Å². The Kier molecular flexibility index (Phi) is 7.54. The Morgan fingerprint density at radius 1 is 0.970 bits per heavy atom. The fraction of sp³-hybridized carbons (Fsp3) is 0.522. The van der Waals surface area contributed by atoms with Gasteiger partial charge in [-0.3, -0.25) is 4.79 Å². The summed E-state index contributed by atoms with van der Waals surface area (Å²) in [6, 6.07) is 8.96. The molecule has 0 bridgehead atoms. The lowest BCUT2D eigenvalue weighted by Crippen LogP contribution is -2.50. The molecule has 0 aromatic carbocycles. The molecule has 2 aliphatic rings. The van der Waals surface area contributed by atoms with E-state index in [1.807, 2.05) is 24.3 Å². The van der Waals surface area contributed by atoms with Crippen LogP contribution in [0.4, 0.5) is 11.6 Å². The Labute approximate surface area is 193 Å². The van der Waals surface area contributed by atoms with Crippen molar-refractivity contribution in [1.82, 2.24) is 20.1 Å². The summed E-state index contributed by atoms with van der Waals surface area (Å²) in [5.74, 6) is 1.44. The highest BCUT2D eigenvalue weighted by atomic mass is 16.5. The summed E-state index contributed by atoms with van der Waals surface area (Å²) in [6.07, 6.45) is 4.19. The van der Waals surface area contributed by atoms with Crippen molar-refractivity contribution >= 4 is 23.5 Å². The largest absolute Gasteiger partial charge is 0.466 e. The number of nitrogens with zero attached hydrogens (tertiary/aromatic N) is 6. The van der Waals surface area contributed by atoms with Crippen LogP contribution in [0.25, 0.3) is 0 Å². The smallest absolute Gasteiger partial charge is 0.328 e. The van der Waals surface area contributed by atoms with Crippen LogP contribution >= 0.6 is 0 Å². The van der Waals surface area contributed by atoms with Crippen LogP contribution in [0.1, 0.15) is 26.2 Å². The molecule has 1 atom stereocenters. The van der Waals surface area contributed by atoms with Gasteiger partial charge in [0.05, 0.1) is 6.61 Å². The fourth-order valence-electron chi connectivity index (χ4n) is 4.20. The molecule has 0 unspecified atom stereocenters. The van der Waals surface area contributed by atoms with Gasteiger partial charge in [-0.15, -0.1) is 10.2 Å². The summed E-state index contributed by atoms with van der Waals surface area (Å²) in [4.78, 5) is 35.2. The van der Waals surface area contributed by atoms with E-state index in [1.54, 1.807) is 24.1 Å². The minimum atomic E-state index is -0.534. The third-order valence-electron chi connectivity index (χ3n) is 5.93. The Bertz CT molecular complexity index is 918. The van der Waals surface area contributed by atoms with Gasteiger partial charge in [0.2, 0.25) is 5.88 Å². The van der Waals surface area contributed by atoms with Gasteiger partial charge in [0.15, 0.2) is 12.4 Å². The van der Waals surface area contributed by atoms with E-state index < -0.39 is 6.04 Å². The zero-order valence-electron chi connectivity index (χ0n) is 18.9.